The topological polar surface area (TPSA) is 60.4 Å². The van der Waals surface area contributed by atoms with E-state index in [1.807, 2.05) is 24.3 Å². The predicted molar refractivity (Wildman–Crippen MR) is 65.8 cm³/mol. The van der Waals surface area contributed by atoms with E-state index in [1.165, 1.54) is 0 Å². The van der Waals surface area contributed by atoms with E-state index < -0.39 is 0 Å². The highest BCUT2D eigenvalue weighted by molar-refractivity contribution is 5.81. The molecule has 2 heterocycles. The zero-order valence-electron chi connectivity index (χ0n) is 9.56. The first kappa shape index (κ1) is 10.8. The molecule has 1 aliphatic heterocycles. The molecule has 17 heavy (non-hydrogen) atoms. The Morgan fingerprint density at radius 2 is 2.24 bits per heavy atom. The number of hydrogen-bond donors (Lipinski definition) is 2. The average molecular weight is 232 g/mol. The van der Waals surface area contributed by atoms with Gasteiger partial charge in [-0.3, -0.25) is 0 Å². The van der Waals surface area contributed by atoms with E-state index in [-0.39, 0.29) is 12.1 Å². The summed E-state index contributed by atoms with van der Waals surface area (Å²) in [5.41, 5.74) is 8.15. The van der Waals surface area contributed by atoms with Gasteiger partial charge >= 0.3 is 0 Å². The summed E-state index contributed by atoms with van der Waals surface area (Å²) < 4.78 is 11.2. The van der Waals surface area contributed by atoms with E-state index >= 15 is 0 Å². The first-order chi connectivity index (χ1) is 8.36. The molecule has 2 atom stereocenters. The SMILES string of the molecule is NC(c1coc2ccccc12)C1CNCCO1. The van der Waals surface area contributed by atoms with Gasteiger partial charge in [-0.2, -0.15) is 0 Å². The van der Waals surface area contributed by atoms with Crippen LogP contribution in [0.4, 0.5) is 0 Å². The Hall–Kier alpha value is -1.36. The van der Waals surface area contributed by atoms with Crippen LogP contribution < -0.4 is 11.1 Å². The van der Waals surface area contributed by atoms with Gasteiger partial charge in [-0.15, -0.1) is 0 Å². The molecule has 3 rings (SSSR count). The van der Waals surface area contributed by atoms with Gasteiger partial charge in [0.1, 0.15) is 5.58 Å². The van der Waals surface area contributed by atoms with Gasteiger partial charge in [0.25, 0.3) is 0 Å². The van der Waals surface area contributed by atoms with Gasteiger partial charge in [0.15, 0.2) is 0 Å². The number of fused-ring (bicyclic) bond motifs is 1. The maximum Gasteiger partial charge on any atom is 0.134 e. The number of furan rings is 1. The highest BCUT2D eigenvalue weighted by Crippen LogP contribution is 2.27. The summed E-state index contributed by atoms with van der Waals surface area (Å²) in [5, 5.41) is 4.37. The maximum atomic E-state index is 6.26. The number of ether oxygens (including phenoxy) is 1. The number of nitrogens with one attached hydrogen (secondary N) is 1. The molecule has 1 aromatic heterocycles. The third-order valence-electron chi connectivity index (χ3n) is 3.23. The van der Waals surface area contributed by atoms with Crippen molar-refractivity contribution in [1.29, 1.82) is 0 Å². The first-order valence-corrected chi connectivity index (χ1v) is 5.90. The molecule has 1 saturated heterocycles. The summed E-state index contributed by atoms with van der Waals surface area (Å²) in [6, 6.07) is 7.79. The Balaban J connectivity index is 1.92. The molecule has 2 aromatic rings. The van der Waals surface area contributed by atoms with Crippen LogP contribution >= 0.6 is 0 Å². The molecule has 0 bridgehead atoms. The normalized spacial score (nSPS) is 22.8. The van der Waals surface area contributed by atoms with Crippen molar-refractivity contribution in [3.05, 3.63) is 36.1 Å². The molecular weight excluding hydrogens is 216 g/mol. The van der Waals surface area contributed by atoms with E-state index in [0.29, 0.717) is 6.61 Å². The Bertz CT molecular complexity index is 503. The Labute approximate surface area is 99.7 Å². The number of nitrogens with two attached hydrogens (primary N) is 1. The van der Waals surface area contributed by atoms with Crippen LogP contribution in [0.1, 0.15) is 11.6 Å². The molecule has 0 radical (unpaired) electrons. The van der Waals surface area contributed by atoms with Crippen LogP contribution in [0.15, 0.2) is 34.9 Å². The first-order valence-electron chi connectivity index (χ1n) is 5.90. The van der Waals surface area contributed by atoms with Gasteiger partial charge in [0.05, 0.1) is 25.0 Å². The van der Waals surface area contributed by atoms with Gasteiger partial charge in [-0.1, -0.05) is 18.2 Å². The van der Waals surface area contributed by atoms with Crippen LogP contribution in [0, 0.1) is 0 Å². The van der Waals surface area contributed by atoms with Gasteiger partial charge in [-0.05, 0) is 6.07 Å². The quantitative estimate of drug-likeness (QED) is 0.822. The number of para-hydroxylation sites is 1. The molecule has 0 spiro atoms. The number of hydrogen-bond acceptors (Lipinski definition) is 4. The van der Waals surface area contributed by atoms with Gasteiger partial charge in [0, 0.05) is 24.0 Å². The van der Waals surface area contributed by atoms with E-state index in [0.717, 1.165) is 29.6 Å². The minimum Gasteiger partial charge on any atom is -0.464 e. The monoisotopic (exact) mass is 232 g/mol. The molecule has 3 N–H and O–H groups in total. The molecule has 4 nitrogen and oxygen atoms in total. The molecule has 1 aromatic carbocycles. The van der Waals surface area contributed by atoms with E-state index in [2.05, 4.69) is 5.32 Å². The summed E-state index contributed by atoms with van der Waals surface area (Å²) in [4.78, 5) is 0. The van der Waals surface area contributed by atoms with Crippen molar-refractivity contribution in [3.63, 3.8) is 0 Å². The molecule has 1 fully saturated rings. The lowest BCUT2D eigenvalue weighted by Gasteiger charge is -2.28. The standard InChI is InChI=1S/C13H16N2O2/c14-13(12-7-15-5-6-16-12)10-8-17-11-4-2-1-3-9(10)11/h1-4,8,12-13,15H,5-7,14H2. The van der Waals surface area contributed by atoms with Crippen molar-refractivity contribution in [3.8, 4) is 0 Å². The Morgan fingerprint density at radius 1 is 1.35 bits per heavy atom. The lowest BCUT2D eigenvalue weighted by atomic mass is 10.0. The lowest BCUT2D eigenvalue weighted by Crippen LogP contribution is -2.44. The second-order valence-electron chi connectivity index (χ2n) is 4.33. The smallest absolute Gasteiger partial charge is 0.134 e. The third-order valence-corrected chi connectivity index (χ3v) is 3.23. The van der Waals surface area contributed by atoms with Crippen LogP contribution in [0.5, 0.6) is 0 Å². The second-order valence-corrected chi connectivity index (χ2v) is 4.33. The largest absolute Gasteiger partial charge is 0.464 e. The fourth-order valence-electron chi connectivity index (χ4n) is 2.27. The van der Waals surface area contributed by atoms with Crippen molar-refractivity contribution in [2.75, 3.05) is 19.7 Å². The molecule has 0 aliphatic carbocycles. The third kappa shape index (κ3) is 1.95. The number of rotatable bonds is 2. The van der Waals surface area contributed by atoms with Crippen LogP contribution in [-0.4, -0.2) is 25.8 Å². The summed E-state index contributed by atoms with van der Waals surface area (Å²) in [7, 11) is 0. The maximum absolute atomic E-state index is 6.26. The molecule has 2 unspecified atom stereocenters. The average Bonchev–Trinajstić information content (AvgIpc) is 2.83. The molecule has 0 saturated carbocycles. The minimum absolute atomic E-state index is 0.0183. The fourth-order valence-corrected chi connectivity index (χ4v) is 2.27. The number of morpholine rings is 1. The predicted octanol–water partition coefficient (Wildman–Crippen LogP) is 1.42. The summed E-state index contributed by atoms with van der Waals surface area (Å²) in [6.45, 7) is 2.41. The Kier molecular flexibility index (Phi) is 2.84. The molecular formula is C13H16N2O2. The van der Waals surface area contributed by atoms with Crippen molar-refractivity contribution < 1.29 is 9.15 Å². The number of benzene rings is 1. The van der Waals surface area contributed by atoms with Gasteiger partial charge in [-0.25, -0.2) is 0 Å². The summed E-state index contributed by atoms with van der Waals surface area (Å²) in [6.07, 6.45) is 1.76. The van der Waals surface area contributed by atoms with Crippen LogP contribution in [0.3, 0.4) is 0 Å². The van der Waals surface area contributed by atoms with Crippen LogP contribution in [0.25, 0.3) is 11.0 Å². The molecule has 4 heteroatoms. The molecule has 90 valence electrons. The van der Waals surface area contributed by atoms with Crippen LogP contribution in [-0.2, 0) is 4.74 Å². The van der Waals surface area contributed by atoms with Crippen molar-refractivity contribution in [2.45, 2.75) is 12.1 Å². The van der Waals surface area contributed by atoms with Crippen LogP contribution in [0.2, 0.25) is 0 Å². The second kappa shape index (κ2) is 4.49. The van der Waals surface area contributed by atoms with Gasteiger partial charge in [0.2, 0.25) is 0 Å². The molecule has 1 aliphatic rings. The van der Waals surface area contributed by atoms with E-state index in [1.54, 1.807) is 6.26 Å². The minimum atomic E-state index is -0.147. The van der Waals surface area contributed by atoms with E-state index in [4.69, 9.17) is 14.9 Å². The molecule has 0 amide bonds. The van der Waals surface area contributed by atoms with E-state index in [9.17, 15) is 0 Å². The van der Waals surface area contributed by atoms with Crippen molar-refractivity contribution in [1.82, 2.24) is 5.32 Å². The van der Waals surface area contributed by atoms with Crippen molar-refractivity contribution >= 4 is 11.0 Å². The Morgan fingerprint density at radius 3 is 3.06 bits per heavy atom. The fraction of sp³-hybridized carbons (Fsp3) is 0.385. The summed E-state index contributed by atoms with van der Waals surface area (Å²) in [5.74, 6) is 0. The van der Waals surface area contributed by atoms with Crippen molar-refractivity contribution in [2.24, 2.45) is 5.73 Å². The highest BCUT2D eigenvalue weighted by Gasteiger charge is 2.25. The summed E-state index contributed by atoms with van der Waals surface area (Å²) >= 11 is 0. The highest BCUT2D eigenvalue weighted by atomic mass is 16.5. The van der Waals surface area contributed by atoms with Gasteiger partial charge < -0.3 is 20.2 Å². The zero-order valence-corrected chi connectivity index (χ0v) is 9.56. The lowest BCUT2D eigenvalue weighted by molar-refractivity contribution is 0.0123. The zero-order chi connectivity index (χ0) is 11.7.